The monoisotopic (exact) mass is 254 g/mol. The van der Waals surface area contributed by atoms with Crippen molar-refractivity contribution in [2.24, 2.45) is 0 Å². The first kappa shape index (κ1) is 12.3. The Balaban J connectivity index is 2.34. The predicted octanol–water partition coefficient (Wildman–Crippen LogP) is 2.15. The molecule has 2 N–H and O–H groups in total. The maximum Gasteiger partial charge on any atom is 0.329 e. The summed E-state index contributed by atoms with van der Waals surface area (Å²) in [6, 6.07) is 3.02. The number of hydrogen-bond acceptors (Lipinski definition) is 4. The molecule has 0 aliphatic heterocycles. The van der Waals surface area contributed by atoms with Gasteiger partial charge in [-0.25, -0.2) is 9.18 Å². The van der Waals surface area contributed by atoms with Gasteiger partial charge in [0.15, 0.2) is 0 Å². The molecule has 0 heterocycles. The Labute approximate surface area is 102 Å². The Morgan fingerprint density at radius 3 is 2.61 bits per heavy atom. The first-order valence-electron chi connectivity index (χ1n) is 5.40. The molecule has 1 aliphatic carbocycles. The van der Waals surface area contributed by atoms with E-state index in [0.717, 1.165) is 18.6 Å². The van der Waals surface area contributed by atoms with Crippen LogP contribution in [0.25, 0.3) is 0 Å². The lowest BCUT2D eigenvalue weighted by molar-refractivity contribution is -0.384. The fourth-order valence-corrected chi connectivity index (χ4v) is 1.94. The molecule has 0 radical (unpaired) electrons. The highest BCUT2D eigenvalue weighted by atomic mass is 19.1. The fourth-order valence-electron chi connectivity index (χ4n) is 1.94. The van der Waals surface area contributed by atoms with E-state index in [0.29, 0.717) is 12.8 Å². The van der Waals surface area contributed by atoms with Crippen LogP contribution >= 0.6 is 0 Å². The zero-order valence-corrected chi connectivity index (χ0v) is 9.35. The molecule has 1 saturated carbocycles. The van der Waals surface area contributed by atoms with Gasteiger partial charge in [-0.15, -0.1) is 0 Å². The van der Waals surface area contributed by atoms with Crippen molar-refractivity contribution in [1.29, 1.82) is 0 Å². The van der Waals surface area contributed by atoms with Crippen LogP contribution in [0, 0.1) is 15.9 Å². The van der Waals surface area contributed by atoms with E-state index in [1.165, 1.54) is 6.07 Å². The Morgan fingerprint density at radius 2 is 2.17 bits per heavy atom. The van der Waals surface area contributed by atoms with Gasteiger partial charge in [0.25, 0.3) is 5.69 Å². The highest BCUT2D eigenvalue weighted by Crippen LogP contribution is 2.38. The predicted molar refractivity (Wildman–Crippen MR) is 60.9 cm³/mol. The molecule has 0 bridgehead atoms. The number of hydrogen-bond donors (Lipinski definition) is 2. The van der Waals surface area contributed by atoms with Crippen LogP contribution in [0.4, 0.5) is 15.8 Å². The first-order valence-corrected chi connectivity index (χ1v) is 5.40. The summed E-state index contributed by atoms with van der Waals surface area (Å²) in [5.41, 5.74) is -1.59. The summed E-state index contributed by atoms with van der Waals surface area (Å²) in [6.45, 7) is 0. The minimum Gasteiger partial charge on any atom is -0.480 e. The van der Waals surface area contributed by atoms with Gasteiger partial charge in [0, 0.05) is 0 Å². The van der Waals surface area contributed by atoms with Gasteiger partial charge >= 0.3 is 5.97 Å². The molecule has 0 atom stereocenters. The van der Waals surface area contributed by atoms with E-state index in [2.05, 4.69) is 5.32 Å². The molecule has 2 rings (SSSR count). The van der Waals surface area contributed by atoms with E-state index in [-0.39, 0.29) is 5.69 Å². The number of benzene rings is 1. The molecule has 1 aromatic rings. The average Bonchev–Trinajstić information content (AvgIpc) is 2.24. The summed E-state index contributed by atoms with van der Waals surface area (Å²) in [5, 5.41) is 22.6. The van der Waals surface area contributed by atoms with Crippen molar-refractivity contribution >= 4 is 17.3 Å². The number of nitro benzene ring substituents is 1. The van der Waals surface area contributed by atoms with Crippen LogP contribution in [0.5, 0.6) is 0 Å². The van der Waals surface area contributed by atoms with Crippen molar-refractivity contribution in [1.82, 2.24) is 0 Å². The third-order valence-corrected chi connectivity index (χ3v) is 3.15. The van der Waals surface area contributed by atoms with Crippen molar-refractivity contribution in [3.63, 3.8) is 0 Å². The third-order valence-electron chi connectivity index (χ3n) is 3.15. The molecule has 1 fully saturated rings. The van der Waals surface area contributed by atoms with Gasteiger partial charge in [-0.2, -0.15) is 0 Å². The SMILES string of the molecule is O=C(O)C1(Nc2ccc(F)cc2[N+](=O)[O-])CCC1. The Kier molecular flexibility index (Phi) is 2.90. The van der Waals surface area contributed by atoms with Crippen molar-refractivity contribution in [3.05, 3.63) is 34.1 Å². The Morgan fingerprint density at radius 1 is 1.50 bits per heavy atom. The van der Waals surface area contributed by atoms with Gasteiger partial charge < -0.3 is 10.4 Å². The lowest BCUT2D eigenvalue weighted by Gasteiger charge is -2.38. The van der Waals surface area contributed by atoms with E-state index in [4.69, 9.17) is 5.11 Å². The van der Waals surface area contributed by atoms with E-state index in [9.17, 15) is 19.3 Å². The number of nitro groups is 1. The molecule has 18 heavy (non-hydrogen) atoms. The van der Waals surface area contributed by atoms with Gasteiger partial charge in [-0.05, 0) is 31.4 Å². The minimum absolute atomic E-state index is 0.0310. The highest BCUT2D eigenvalue weighted by Gasteiger charge is 2.45. The molecular weight excluding hydrogens is 243 g/mol. The van der Waals surface area contributed by atoms with Crippen LogP contribution < -0.4 is 5.32 Å². The lowest BCUT2D eigenvalue weighted by atomic mass is 9.76. The number of carboxylic acid groups (broad SMARTS) is 1. The smallest absolute Gasteiger partial charge is 0.329 e. The molecule has 0 unspecified atom stereocenters. The number of nitrogens with one attached hydrogen (secondary N) is 1. The quantitative estimate of drug-likeness (QED) is 0.634. The van der Waals surface area contributed by atoms with E-state index >= 15 is 0 Å². The maximum atomic E-state index is 12.9. The first-order chi connectivity index (χ1) is 8.44. The van der Waals surface area contributed by atoms with Crippen LogP contribution in [-0.4, -0.2) is 21.5 Å². The summed E-state index contributed by atoms with van der Waals surface area (Å²) in [5.74, 6) is -1.78. The minimum atomic E-state index is -1.16. The second kappa shape index (κ2) is 4.25. The van der Waals surface area contributed by atoms with Gasteiger partial charge in [0.05, 0.1) is 11.0 Å². The van der Waals surface area contributed by atoms with Gasteiger partial charge in [0.1, 0.15) is 17.0 Å². The van der Waals surface area contributed by atoms with Gasteiger partial charge in [0.2, 0.25) is 0 Å². The second-order valence-electron chi connectivity index (χ2n) is 4.28. The van der Waals surface area contributed by atoms with Crippen molar-refractivity contribution in [2.45, 2.75) is 24.8 Å². The van der Waals surface area contributed by atoms with Crippen LogP contribution in [0.1, 0.15) is 19.3 Å². The third kappa shape index (κ3) is 1.99. The summed E-state index contributed by atoms with van der Waals surface area (Å²) in [7, 11) is 0. The average molecular weight is 254 g/mol. The lowest BCUT2D eigenvalue weighted by Crippen LogP contribution is -2.52. The number of halogens is 1. The topological polar surface area (TPSA) is 92.5 Å². The molecule has 0 amide bonds. The molecule has 0 spiro atoms. The summed E-state index contributed by atoms with van der Waals surface area (Å²) < 4.78 is 12.9. The number of carbonyl (C=O) groups is 1. The number of carboxylic acids is 1. The summed E-state index contributed by atoms with van der Waals surface area (Å²) in [4.78, 5) is 21.2. The normalized spacial score (nSPS) is 16.7. The molecule has 6 nitrogen and oxygen atoms in total. The molecule has 0 saturated heterocycles. The fraction of sp³-hybridized carbons (Fsp3) is 0.364. The number of aliphatic carboxylic acids is 1. The van der Waals surface area contributed by atoms with Crippen molar-refractivity contribution < 1.29 is 19.2 Å². The van der Waals surface area contributed by atoms with Crippen molar-refractivity contribution in [2.75, 3.05) is 5.32 Å². The van der Waals surface area contributed by atoms with Gasteiger partial charge in [-0.1, -0.05) is 0 Å². The molecule has 96 valence electrons. The number of anilines is 1. The number of nitrogens with zero attached hydrogens (tertiary/aromatic N) is 1. The molecular formula is C11H11FN2O4. The Bertz CT molecular complexity index is 514. The van der Waals surface area contributed by atoms with E-state index in [1.54, 1.807) is 0 Å². The number of rotatable bonds is 4. The maximum absolute atomic E-state index is 12.9. The molecule has 1 aromatic carbocycles. The summed E-state index contributed by atoms with van der Waals surface area (Å²) in [6.07, 6.45) is 1.54. The molecule has 0 aromatic heterocycles. The summed E-state index contributed by atoms with van der Waals surface area (Å²) >= 11 is 0. The largest absolute Gasteiger partial charge is 0.480 e. The molecule has 7 heteroatoms. The zero-order chi connectivity index (χ0) is 13.3. The van der Waals surface area contributed by atoms with E-state index < -0.39 is 27.9 Å². The Hall–Kier alpha value is -2.18. The van der Waals surface area contributed by atoms with E-state index in [1.807, 2.05) is 0 Å². The van der Waals surface area contributed by atoms with Crippen LogP contribution in [0.15, 0.2) is 18.2 Å². The van der Waals surface area contributed by atoms with Crippen LogP contribution in [0.2, 0.25) is 0 Å². The van der Waals surface area contributed by atoms with Crippen LogP contribution in [0.3, 0.4) is 0 Å². The van der Waals surface area contributed by atoms with Crippen molar-refractivity contribution in [3.8, 4) is 0 Å². The highest BCUT2D eigenvalue weighted by molar-refractivity contribution is 5.85. The standard InChI is InChI=1S/C11H11FN2O4/c12-7-2-3-8(9(6-7)14(17)18)13-11(10(15)16)4-1-5-11/h2-3,6,13H,1,4-5H2,(H,15,16). The zero-order valence-electron chi connectivity index (χ0n) is 9.35. The van der Waals surface area contributed by atoms with Crippen LogP contribution in [-0.2, 0) is 4.79 Å². The second-order valence-corrected chi connectivity index (χ2v) is 4.28. The van der Waals surface area contributed by atoms with Gasteiger partial charge in [-0.3, -0.25) is 10.1 Å². The molecule has 1 aliphatic rings.